The van der Waals surface area contributed by atoms with Crippen molar-refractivity contribution in [2.75, 3.05) is 13.1 Å². The lowest BCUT2D eigenvalue weighted by molar-refractivity contribution is -0.614. The molecule has 1 aliphatic rings. The third-order valence-corrected chi connectivity index (χ3v) is 4.67. The van der Waals surface area contributed by atoms with Crippen molar-refractivity contribution in [3.8, 4) is 11.5 Å². The predicted molar refractivity (Wildman–Crippen MR) is 94.8 cm³/mol. The minimum Gasteiger partial charge on any atom is -1.00 e. The van der Waals surface area contributed by atoms with Crippen LogP contribution in [0.15, 0.2) is 42.5 Å². The van der Waals surface area contributed by atoms with Crippen LogP contribution >= 0.6 is 11.6 Å². The number of hydrogen-bond acceptors (Lipinski definition) is 2. The number of likely N-dealkylation sites (tertiary alicyclic amines) is 1. The monoisotopic (exact) mass is 398 g/mol. The molecule has 0 aliphatic carbocycles. The van der Waals surface area contributed by atoms with E-state index in [1.54, 1.807) is 37.3 Å². The predicted octanol–water partition coefficient (Wildman–Crippen LogP) is 0.481. The number of nitrogens with two attached hydrogens (primary N) is 1. The minimum absolute atomic E-state index is 0. The maximum atomic E-state index is 13.7. The van der Waals surface area contributed by atoms with Crippen molar-refractivity contribution < 1.29 is 31.6 Å². The number of hydrogen-bond donors (Lipinski definition) is 1. The van der Waals surface area contributed by atoms with Crippen molar-refractivity contribution in [1.29, 1.82) is 0 Å². The van der Waals surface area contributed by atoms with Gasteiger partial charge in [-0.05, 0) is 36.4 Å². The molecule has 1 fully saturated rings. The lowest BCUT2D eigenvalue weighted by Gasteiger charge is -2.30. The Balaban J connectivity index is 0.00000243. The normalized spacial score (nSPS) is 14.7. The van der Waals surface area contributed by atoms with Crippen molar-refractivity contribution in [2.45, 2.75) is 25.8 Å². The van der Waals surface area contributed by atoms with Gasteiger partial charge in [0.05, 0.1) is 6.04 Å². The van der Waals surface area contributed by atoms with Crippen LogP contribution < -0.4 is 22.5 Å². The molecule has 1 heterocycles. The van der Waals surface area contributed by atoms with E-state index >= 15 is 0 Å². The molecule has 0 bridgehead atoms. The molecule has 1 amide bonds. The molecule has 0 atom stereocenters. The lowest BCUT2D eigenvalue weighted by Crippen LogP contribution is -3.00. The molecule has 0 spiro atoms. The second-order valence-corrected chi connectivity index (χ2v) is 6.68. The second-order valence-electron chi connectivity index (χ2n) is 6.25. The van der Waals surface area contributed by atoms with E-state index in [2.05, 4.69) is 0 Å². The van der Waals surface area contributed by atoms with Crippen molar-refractivity contribution in [3.05, 3.63) is 53.3 Å². The van der Waals surface area contributed by atoms with E-state index in [1.165, 1.54) is 12.1 Å². The maximum absolute atomic E-state index is 13.7. The number of benzene rings is 2. The Labute approximate surface area is 163 Å². The first-order valence-electron chi connectivity index (χ1n) is 8.34. The molecule has 1 saturated heterocycles. The van der Waals surface area contributed by atoms with Crippen LogP contribution in [0.3, 0.4) is 0 Å². The standard InChI is InChI=1S/C19H20ClFN2O2.ClH/c1-13(24)23-10-8-16(9-11-23)22-18-12-15(21)4-7-19(18)25-17-5-2-14(20)3-6-17;/h2-7,12,16,22H,8-11H2,1H3;1H. The third kappa shape index (κ3) is 5.34. The molecular weight excluding hydrogens is 378 g/mol. The van der Waals surface area contributed by atoms with Crippen LogP contribution in [0.25, 0.3) is 0 Å². The quantitative estimate of drug-likeness (QED) is 0.761. The second kappa shape index (κ2) is 9.21. The summed E-state index contributed by atoms with van der Waals surface area (Å²) < 4.78 is 19.6. The molecular formula is C19H21Cl2FN2O2. The Bertz CT molecular complexity index is 748. The zero-order valence-corrected chi connectivity index (χ0v) is 15.9. The lowest BCUT2D eigenvalue weighted by atomic mass is 10.0. The first kappa shape index (κ1) is 20.5. The van der Waals surface area contributed by atoms with E-state index in [-0.39, 0.29) is 24.1 Å². The number of amides is 1. The largest absolute Gasteiger partial charge is 1.00 e. The van der Waals surface area contributed by atoms with Crippen LogP contribution in [-0.2, 0) is 4.79 Å². The van der Waals surface area contributed by atoms with E-state index in [9.17, 15) is 9.18 Å². The van der Waals surface area contributed by atoms with Crippen molar-refractivity contribution in [2.24, 2.45) is 0 Å². The number of quaternary nitrogens is 1. The number of carbonyl (C=O) groups excluding carboxylic acids is 1. The molecule has 7 heteroatoms. The van der Waals surface area contributed by atoms with E-state index in [0.717, 1.165) is 31.6 Å². The van der Waals surface area contributed by atoms with Gasteiger partial charge < -0.3 is 27.4 Å². The van der Waals surface area contributed by atoms with E-state index in [0.29, 0.717) is 22.6 Å². The van der Waals surface area contributed by atoms with Crippen LogP contribution in [0.5, 0.6) is 11.5 Å². The Hall–Kier alpha value is -1.82. The van der Waals surface area contributed by atoms with Gasteiger partial charge in [-0.3, -0.25) is 4.79 Å². The molecule has 2 N–H and O–H groups in total. The Morgan fingerprint density at radius 3 is 2.46 bits per heavy atom. The number of ether oxygens (including phenoxy) is 1. The molecule has 4 nitrogen and oxygen atoms in total. The Kier molecular flexibility index (Phi) is 7.26. The summed E-state index contributed by atoms with van der Waals surface area (Å²) in [6, 6.07) is 11.9. The summed E-state index contributed by atoms with van der Waals surface area (Å²) in [5.41, 5.74) is 0.733. The number of piperidine rings is 1. The first-order chi connectivity index (χ1) is 12.0. The highest BCUT2D eigenvalue weighted by atomic mass is 35.5. The highest BCUT2D eigenvalue weighted by Gasteiger charge is 2.25. The average Bonchev–Trinajstić information content (AvgIpc) is 2.59. The average molecular weight is 399 g/mol. The molecule has 140 valence electrons. The highest BCUT2D eigenvalue weighted by Crippen LogP contribution is 2.28. The van der Waals surface area contributed by atoms with Gasteiger partial charge in [0.15, 0.2) is 11.4 Å². The SMILES string of the molecule is CC(=O)N1CCC([NH2+]c2cc(F)ccc2Oc2ccc(Cl)cc2)CC1.[Cl-]. The Morgan fingerprint density at radius 1 is 1.19 bits per heavy atom. The molecule has 0 radical (unpaired) electrons. The first-order valence-corrected chi connectivity index (χ1v) is 8.72. The fourth-order valence-electron chi connectivity index (χ4n) is 3.01. The van der Waals surface area contributed by atoms with Crippen LogP contribution in [0.1, 0.15) is 19.8 Å². The molecule has 2 aromatic carbocycles. The summed E-state index contributed by atoms with van der Waals surface area (Å²) in [6.45, 7) is 3.06. The van der Waals surface area contributed by atoms with Crippen LogP contribution in [0, 0.1) is 5.82 Å². The molecule has 3 rings (SSSR count). The smallest absolute Gasteiger partial charge is 0.219 e. The number of halogens is 3. The van der Waals surface area contributed by atoms with Gasteiger partial charge in [0, 0.05) is 43.9 Å². The number of nitrogens with zero attached hydrogens (tertiary/aromatic N) is 1. The summed E-state index contributed by atoms with van der Waals surface area (Å²) >= 11 is 5.89. The zero-order valence-electron chi connectivity index (χ0n) is 14.4. The third-order valence-electron chi connectivity index (χ3n) is 4.41. The molecule has 0 unspecified atom stereocenters. The van der Waals surface area contributed by atoms with Gasteiger partial charge in [-0.2, -0.15) is 0 Å². The summed E-state index contributed by atoms with van der Waals surface area (Å²) in [5, 5.41) is 2.68. The Morgan fingerprint density at radius 2 is 1.85 bits per heavy atom. The minimum atomic E-state index is -0.295. The van der Waals surface area contributed by atoms with E-state index in [4.69, 9.17) is 16.3 Å². The van der Waals surface area contributed by atoms with Gasteiger partial charge >= 0.3 is 0 Å². The van der Waals surface area contributed by atoms with Crippen molar-refractivity contribution in [3.63, 3.8) is 0 Å². The molecule has 2 aromatic rings. The van der Waals surface area contributed by atoms with Gasteiger partial charge in [-0.25, -0.2) is 4.39 Å². The van der Waals surface area contributed by atoms with Gasteiger partial charge in [0.25, 0.3) is 0 Å². The van der Waals surface area contributed by atoms with E-state index < -0.39 is 0 Å². The van der Waals surface area contributed by atoms with E-state index in [1.807, 2.05) is 10.2 Å². The maximum Gasteiger partial charge on any atom is 0.219 e. The van der Waals surface area contributed by atoms with Gasteiger partial charge in [0.2, 0.25) is 5.91 Å². The highest BCUT2D eigenvalue weighted by molar-refractivity contribution is 6.30. The zero-order chi connectivity index (χ0) is 17.8. The molecule has 0 aromatic heterocycles. The summed E-state index contributed by atoms with van der Waals surface area (Å²) in [7, 11) is 0. The van der Waals surface area contributed by atoms with Gasteiger partial charge in [0.1, 0.15) is 11.6 Å². The molecule has 0 saturated carbocycles. The van der Waals surface area contributed by atoms with Crippen LogP contribution in [-0.4, -0.2) is 29.9 Å². The van der Waals surface area contributed by atoms with Crippen LogP contribution in [0.4, 0.5) is 10.1 Å². The molecule has 1 aliphatic heterocycles. The topological polar surface area (TPSA) is 46.2 Å². The van der Waals surface area contributed by atoms with Gasteiger partial charge in [-0.15, -0.1) is 0 Å². The fraction of sp³-hybridized carbons (Fsp3) is 0.316. The van der Waals surface area contributed by atoms with Crippen molar-refractivity contribution >= 4 is 23.2 Å². The van der Waals surface area contributed by atoms with Gasteiger partial charge in [-0.1, -0.05) is 11.6 Å². The van der Waals surface area contributed by atoms with Crippen molar-refractivity contribution in [1.82, 2.24) is 4.90 Å². The van der Waals surface area contributed by atoms with Crippen LogP contribution in [0.2, 0.25) is 5.02 Å². The summed E-state index contributed by atoms with van der Waals surface area (Å²) in [5.74, 6) is 1.07. The summed E-state index contributed by atoms with van der Waals surface area (Å²) in [6.07, 6.45) is 1.74. The fourth-order valence-corrected chi connectivity index (χ4v) is 3.13. The summed E-state index contributed by atoms with van der Waals surface area (Å²) in [4.78, 5) is 13.3. The number of rotatable bonds is 4. The number of carbonyl (C=O) groups is 1. The molecule has 26 heavy (non-hydrogen) atoms.